The summed E-state index contributed by atoms with van der Waals surface area (Å²) in [6.45, 7) is 5.35. The van der Waals surface area contributed by atoms with Crippen LogP contribution in [0, 0.1) is 5.92 Å². The quantitative estimate of drug-likeness (QED) is 0.779. The molecule has 6 heteroatoms. The maximum Gasteiger partial charge on any atom is 0.322 e. The number of nitrogens with one attached hydrogen (secondary N) is 1. The zero-order valence-corrected chi connectivity index (χ0v) is 12.1. The molecule has 18 heavy (non-hydrogen) atoms. The number of nitrogens with two attached hydrogens (primary N) is 1. The average Bonchev–Trinajstić information content (AvgIpc) is 2.27. The first-order chi connectivity index (χ1) is 8.32. The van der Waals surface area contributed by atoms with Crippen LogP contribution in [0.5, 0.6) is 0 Å². The summed E-state index contributed by atoms with van der Waals surface area (Å²) in [6, 6.07) is -0.746. The van der Waals surface area contributed by atoms with Crippen molar-refractivity contribution in [1.29, 1.82) is 0 Å². The van der Waals surface area contributed by atoms with Crippen molar-refractivity contribution in [3.63, 3.8) is 0 Å². The third-order valence-corrected chi connectivity index (χ3v) is 3.48. The Morgan fingerprint density at radius 1 is 1.44 bits per heavy atom. The lowest BCUT2D eigenvalue weighted by Crippen LogP contribution is -2.42. The monoisotopic (exact) mass is 292 g/mol. The normalized spacial score (nSPS) is 24.2. The summed E-state index contributed by atoms with van der Waals surface area (Å²) in [7, 11) is 0. The first-order valence-electron chi connectivity index (χ1n) is 5.77. The predicted molar refractivity (Wildman–Crippen MR) is 73.2 cm³/mol. The molecule has 0 amide bonds. The highest BCUT2D eigenvalue weighted by atomic mass is 35.5. The van der Waals surface area contributed by atoms with Crippen molar-refractivity contribution in [2.24, 2.45) is 11.7 Å². The Kier molecular flexibility index (Phi) is 5.50. The number of allylic oxidation sites excluding steroid dienone is 2. The number of rotatable bonds is 4. The molecule has 0 aliphatic carbocycles. The first kappa shape index (κ1) is 15.3. The van der Waals surface area contributed by atoms with Gasteiger partial charge in [0.2, 0.25) is 0 Å². The molecule has 3 N–H and O–H groups in total. The van der Waals surface area contributed by atoms with Crippen LogP contribution in [0.4, 0.5) is 0 Å². The van der Waals surface area contributed by atoms with E-state index < -0.39 is 12.0 Å². The lowest BCUT2D eigenvalue weighted by molar-refractivity contribution is -0.151. The van der Waals surface area contributed by atoms with Gasteiger partial charge in [-0.2, -0.15) is 0 Å². The Balaban J connectivity index is 2.62. The van der Waals surface area contributed by atoms with E-state index in [0.717, 1.165) is 0 Å². The Labute approximate surface area is 117 Å². The Hall–Kier alpha value is -0.710. The summed E-state index contributed by atoms with van der Waals surface area (Å²) in [5.41, 5.74) is 5.45. The van der Waals surface area contributed by atoms with E-state index in [0.29, 0.717) is 10.1 Å². The van der Waals surface area contributed by atoms with Crippen molar-refractivity contribution in [2.75, 3.05) is 0 Å². The van der Waals surface area contributed by atoms with Crippen LogP contribution >= 0.6 is 23.2 Å². The van der Waals surface area contributed by atoms with Crippen LogP contribution in [0.25, 0.3) is 0 Å². The molecule has 0 spiro atoms. The number of carbonyl (C=O) groups excluding carboxylic acids is 1. The molecule has 4 nitrogen and oxygen atoms in total. The van der Waals surface area contributed by atoms with E-state index in [-0.39, 0.29) is 18.1 Å². The highest BCUT2D eigenvalue weighted by Gasteiger charge is 2.29. The molecule has 4 atom stereocenters. The topological polar surface area (TPSA) is 64.4 Å². The summed E-state index contributed by atoms with van der Waals surface area (Å²) in [6.07, 6.45) is 3.06. The van der Waals surface area contributed by atoms with E-state index in [2.05, 4.69) is 5.32 Å². The van der Waals surface area contributed by atoms with E-state index in [1.54, 1.807) is 19.2 Å². The SMILES string of the molecule is CC(N)C(=O)OC(C)C(C)C1NC=C(Cl)C=C1Cl. The predicted octanol–water partition coefficient (Wildman–Crippen LogP) is 2.08. The summed E-state index contributed by atoms with van der Waals surface area (Å²) in [5.74, 6) is -0.420. The van der Waals surface area contributed by atoms with Crippen LogP contribution in [-0.4, -0.2) is 24.2 Å². The third kappa shape index (κ3) is 3.90. The number of hydrogen-bond donors (Lipinski definition) is 2. The van der Waals surface area contributed by atoms with Gasteiger partial charge in [-0.05, 0) is 19.9 Å². The molecule has 102 valence electrons. The van der Waals surface area contributed by atoms with Gasteiger partial charge < -0.3 is 15.8 Å². The minimum absolute atomic E-state index is 0.00235. The van der Waals surface area contributed by atoms with Crippen molar-refractivity contribution >= 4 is 29.2 Å². The number of esters is 1. The van der Waals surface area contributed by atoms with Gasteiger partial charge >= 0.3 is 5.97 Å². The molecule has 0 saturated carbocycles. The molecule has 0 fully saturated rings. The second-order valence-corrected chi connectivity index (χ2v) is 5.37. The molecule has 0 aromatic carbocycles. The van der Waals surface area contributed by atoms with Crippen LogP contribution in [0.15, 0.2) is 22.3 Å². The van der Waals surface area contributed by atoms with Gasteiger partial charge in [0, 0.05) is 17.2 Å². The number of carbonyl (C=O) groups is 1. The standard InChI is InChI=1S/C12H18Cl2N2O2/c1-6(8(3)18-12(17)7(2)15)11-10(14)4-9(13)5-16-11/h4-8,11,16H,15H2,1-3H3. The van der Waals surface area contributed by atoms with Crippen molar-refractivity contribution in [2.45, 2.75) is 39.0 Å². The second kappa shape index (κ2) is 6.45. The highest BCUT2D eigenvalue weighted by molar-refractivity contribution is 6.35. The lowest BCUT2D eigenvalue weighted by Gasteiger charge is -2.30. The van der Waals surface area contributed by atoms with Gasteiger partial charge in [-0.25, -0.2) is 0 Å². The van der Waals surface area contributed by atoms with Crippen molar-refractivity contribution in [1.82, 2.24) is 5.32 Å². The molecule has 1 aliphatic rings. The smallest absolute Gasteiger partial charge is 0.322 e. The fourth-order valence-corrected chi connectivity index (χ4v) is 2.20. The molecule has 0 aromatic rings. The van der Waals surface area contributed by atoms with Crippen LogP contribution in [0.2, 0.25) is 0 Å². The zero-order chi connectivity index (χ0) is 13.9. The Morgan fingerprint density at radius 3 is 2.56 bits per heavy atom. The highest BCUT2D eigenvalue weighted by Crippen LogP contribution is 2.26. The van der Waals surface area contributed by atoms with Gasteiger partial charge in [0.1, 0.15) is 12.1 Å². The zero-order valence-electron chi connectivity index (χ0n) is 10.6. The fourth-order valence-electron chi connectivity index (χ4n) is 1.58. The molecular weight excluding hydrogens is 275 g/mol. The summed E-state index contributed by atoms with van der Waals surface area (Å²) < 4.78 is 5.26. The van der Waals surface area contributed by atoms with Crippen molar-refractivity contribution in [3.05, 3.63) is 22.3 Å². The third-order valence-electron chi connectivity index (χ3n) is 2.91. The number of halogens is 2. The summed E-state index contributed by atoms with van der Waals surface area (Å²) >= 11 is 11.9. The van der Waals surface area contributed by atoms with Gasteiger partial charge in [-0.1, -0.05) is 30.1 Å². The maximum absolute atomic E-state index is 11.4. The van der Waals surface area contributed by atoms with Gasteiger partial charge in [0.15, 0.2) is 0 Å². The van der Waals surface area contributed by atoms with Gasteiger partial charge in [-0.3, -0.25) is 4.79 Å². The van der Waals surface area contributed by atoms with Crippen LogP contribution in [-0.2, 0) is 9.53 Å². The largest absolute Gasteiger partial charge is 0.461 e. The van der Waals surface area contributed by atoms with Gasteiger partial charge in [-0.15, -0.1) is 0 Å². The van der Waals surface area contributed by atoms with Crippen LogP contribution < -0.4 is 11.1 Å². The lowest BCUT2D eigenvalue weighted by atomic mass is 9.95. The molecule has 1 heterocycles. The first-order valence-corrected chi connectivity index (χ1v) is 6.53. The fraction of sp³-hybridized carbons (Fsp3) is 0.583. The molecular formula is C12H18Cl2N2O2. The van der Waals surface area contributed by atoms with E-state index in [4.69, 9.17) is 33.7 Å². The number of ether oxygens (including phenoxy) is 1. The Bertz CT molecular complexity index is 380. The molecule has 0 bridgehead atoms. The minimum atomic E-state index is -0.626. The van der Waals surface area contributed by atoms with Crippen LogP contribution in [0.3, 0.4) is 0 Å². The molecule has 0 aromatic heterocycles. The number of hydrogen-bond acceptors (Lipinski definition) is 4. The second-order valence-electron chi connectivity index (χ2n) is 4.49. The van der Waals surface area contributed by atoms with E-state index in [1.165, 1.54) is 0 Å². The molecule has 0 radical (unpaired) electrons. The average molecular weight is 293 g/mol. The van der Waals surface area contributed by atoms with Gasteiger partial charge in [0.05, 0.1) is 11.1 Å². The van der Waals surface area contributed by atoms with Crippen molar-refractivity contribution < 1.29 is 9.53 Å². The van der Waals surface area contributed by atoms with Crippen molar-refractivity contribution in [3.8, 4) is 0 Å². The maximum atomic E-state index is 11.4. The minimum Gasteiger partial charge on any atom is -0.461 e. The Morgan fingerprint density at radius 2 is 2.06 bits per heavy atom. The van der Waals surface area contributed by atoms with Crippen LogP contribution in [0.1, 0.15) is 20.8 Å². The summed E-state index contributed by atoms with van der Waals surface area (Å²) in [4.78, 5) is 11.4. The summed E-state index contributed by atoms with van der Waals surface area (Å²) in [5, 5.41) is 4.23. The number of dihydropyridines is 1. The van der Waals surface area contributed by atoms with E-state index in [9.17, 15) is 4.79 Å². The van der Waals surface area contributed by atoms with E-state index in [1.807, 2.05) is 13.8 Å². The molecule has 0 saturated heterocycles. The van der Waals surface area contributed by atoms with Gasteiger partial charge in [0.25, 0.3) is 0 Å². The van der Waals surface area contributed by atoms with E-state index >= 15 is 0 Å². The molecule has 4 unspecified atom stereocenters. The molecule has 1 aliphatic heterocycles. The molecule has 1 rings (SSSR count).